The second-order valence-electron chi connectivity index (χ2n) is 3.46. The zero-order valence-corrected chi connectivity index (χ0v) is 9.92. The predicted molar refractivity (Wildman–Crippen MR) is 66.6 cm³/mol. The van der Waals surface area contributed by atoms with Gasteiger partial charge in [-0.1, -0.05) is 15.9 Å². The molecule has 4 heteroatoms. The van der Waals surface area contributed by atoms with Gasteiger partial charge in [-0.15, -0.1) is 0 Å². The fraction of sp³-hybridized carbons (Fsp3) is 0. The molecule has 0 aliphatic rings. The summed E-state index contributed by atoms with van der Waals surface area (Å²) in [5.74, 6) is 0. The molecule has 0 amide bonds. The van der Waals surface area contributed by atoms with Crippen LogP contribution in [0, 0.1) is 0 Å². The van der Waals surface area contributed by atoms with E-state index in [1.807, 2.05) is 47.3 Å². The summed E-state index contributed by atoms with van der Waals surface area (Å²) < 4.78 is 3.12. The van der Waals surface area contributed by atoms with E-state index in [2.05, 4.69) is 25.9 Å². The van der Waals surface area contributed by atoms with Gasteiger partial charge in [0.1, 0.15) is 12.0 Å². The first kappa shape index (κ1) is 9.54. The lowest BCUT2D eigenvalue weighted by molar-refractivity contribution is 1.07. The predicted octanol–water partition coefficient (Wildman–Crippen LogP) is 3.18. The molecule has 2 heterocycles. The van der Waals surface area contributed by atoms with Crippen molar-refractivity contribution in [3.63, 3.8) is 0 Å². The molecule has 0 atom stereocenters. The molecule has 0 aliphatic carbocycles. The zero-order chi connectivity index (χ0) is 11.0. The van der Waals surface area contributed by atoms with Crippen LogP contribution in [0.25, 0.3) is 16.7 Å². The molecular weight excluding hydrogens is 266 g/mol. The van der Waals surface area contributed by atoms with E-state index in [1.54, 1.807) is 6.33 Å². The molecule has 0 fully saturated rings. The summed E-state index contributed by atoms with van der Waals surface area (Å²) in [6.07, 6.45) is 5.39. The lowest BCUT2D eigenvalue weighted by atomic mass is 10.3. The Morgan fingerprint density at radius 3 is 2.69 bits per heavy atom. The minimum absolute atomic E-state index is 0.928. The fourth-order valence-corrected chi connectivity index (χ4v) is 1.95. The van der Waals surface area contributed by atoms with Crippen LogP contribution >= 0.6 is 15.9 Å². The smallest absolute Gasteiger partial charge is 0.147 e. The summed E-state index contributed by atoms with van der Waals surface area (Å²) in [5, 5.41) is 1.05. The van der Waals surface area contributed by atoms with Gasteiger partial charge in [0.05, 0.1) is 0 Å². The highest BCUT2D eigenvalue weighted by Crippen LogP contribution is 2.19. The largest absolute Gasteiger partial charge is 0.301 e. The zero-order valence-electron chi connectivity index (χ0n) is 8.34. The summed E-state index contributed by atoms with van der Waals surface area (Å²) in [6, 6.07) is 10.1. The molecule has 3 nitrogen and oxygen atoms in total. The van der Waals surface area contributed by atoms with Crippen molar-refractivity contribution in [3.8, 4) is 5.69 Å². The van der Waals surface area contributed by atoms with E-state index in [0.717, 1.165) is 21.2 Å². The van der Waals surface area contributed by atoms with Crippen LogP contribution in [-0.4, -0.2) is 14.5 Å². The summed E-state index contributed by atoms with van der Waals surface area (Å²) in [6.45, 7) is 0. The lowest BCUT2D eigenvalue weighted by Gasteiger charge is -2.03. The summed E-state index contributed by atoms with van der Waals surface area (Å²) >= 11 is 3.42. The monoisotopic (exact) mass is 273 g/mol. The number of hydrogen-bond acceptors (Lipinski definition) is 2. The minimum Gasteiger partial charge on any atom is -0.301 e. The standard InChI is InChI=1S/C12H8BrN3/c13-10-1-3-11(4-2-10)16-6-5-9-7-14-8-15-12(9)16/h1-8H. The molecule has 0 bridgehead atoms. The number of benzene rings is 1. The molecule has 78 valence electrons. The van der Waals surface area contributed by atoms with Crippen molar-refractivity contribution >= 4 is 27.0 Å². The van der Waals surface area contributed by atoms with E-state index in [0.29, 0.717) is 0 Å². The van der Waals surface area contributed by atoms with Crippen LogP contribution in [0.1, 0.15) is 0 Å². The summed E-state index contributed by atoms with van der Waals surface area (Å²) in [4.78, 5) is 8.28. The van der Waals surface area contributed by atoms with E-state index in [9.17, 15) is 0 Å². The third kappa shape index (κ3) is 1.51. The molecule has 0 radical (unpaired) electrons. The van der Waals surface area contributed by atoms with Crippen molar-refractivity contribution in [1.29, 1.82) is 0 Å². The van der Waals surface area contributed by atoms with E-state index in [1.165, 1.54) is 0 Å². The van der Waals surface area contributed by atoms with Crippen molar-refractivity contribution in [2.45, 2.75) is 0 Å². The van der Waals surface area contributed by atoms with Gasteiger partial charge in [0.25, 0.3) is 0 Å². The van der Waals surface area contributed by atoms with Gasteiger partial charge >= 0.3 is 0 Å². The van der Waals surface area contributed by atoms with E-state index < -0.39 is 0 Å². The van der Waals surface area contributed by atoms with Crippen LogP contribution in [0.4, 0.5) is 0 Å². The topological polar surface area (TPSA) is 30.7 Å². The molecule has 16 heavy (non-hydrogen) atoms. The molecule has 0 unspecified atom stereocenters. The Morgan fingerprint density at radius 1 is 1.06 bits per heavy atom. The van der Waals surface area contributed by atoms with Gasteiger partial charge in [-0.25, -0.2) is 9.97 Å². The van der Waals surface area contributed by atoms with Crippen molar-refractivity contribution in [2.75, 3.05) is 0 Å². The van der Waals surface area contributed by atoms with Crippen molar-refractivity contribution in [1.82, 2.24) is 14.5 Å². The number of fused-ring (bicyclic) bond motifs is 1. The number of hydrogen-bond donors (Lipinski definition) is 0. The minimum atomic E-state index is 0.928. The summed E-state index contributed by atoms with van der Waals surface area (Å²) in [5.41, 5.74) is 2.02. The number of halogens is 1. The Bertz CT molecular complexity index is 628. The Hall–Kier alpha value is -1.68. The van der Waals surface area contributed by atoms with E-state index in [4.69, 9.17) is 0 Å². The number of aromatic nitrogens is 3. The molecule has 3 aromatic rings. The average molecular weight is 274 g/mol. The first-order valence-corrected chi connectivity index (χ1v) is 5.67. The third-order valence-electron chi connectivity index (χ3n) is 2.45. The third-order valence-corrected chi connectivity index (χ3v) is 2.98. The van der Waals surface area contributed by atoms with Gasteiger partial charge in [0.15, 0.2) is 0 Å². The van der Waals surface area contributed by atoms with Crippen LogP contribution in [-0.2, 0) is 0 Å². The highest BCUT2D eigenvalue weighted by molar-refractivity contribution is 9.10. The van der Waals surface area contributed by atoms with Gasteiger partial charge < -0.3 is 4.57 Å². The van der Waals surface area contributed by atoms with Gasteiger partial charge in [0, 0.05) is 27.9 Å². The first-order valence-electron chi connectivity index (χ1n) is 4.87. The molecule has 0 N–H and O–H groups in total. The van der Waals surface area contributed by atoms with Crippen LogP contribution in [0.15, 0.2) is 53.5 Å². The van der Waals surface area contributed by atoms with Gasteiger partial charge in [-0.2, -0.15) is 0 Å². The first-order chi connectivity index (χ1) is 7.84. The lowest BCUT2D eigenvalue weighted by Crippen LogP contribution is -1.93. The van der Waals surface area contributed by atoms with Crippen LogP contribution in [0.5, 0.6) is 0 Å². The van der Waals surface area contributed by atoms with Crippen molar-refractivity contribution in [3.05, 3.63) is 53.5 Å². The second kappa shape index (κ2) is 3.72. The maximum absolute atomic E-state index is 4.28. The summed E-state index contributed by atoms with van der Waals surface area (Å²) in [7, 11) is 0. The highest BCUT2D eigenvalue weighted by Gasteiger charge is 2.03. The molecule has 0 saturated carbocycles. The SMILES string of the molecule is Brc1ccc(-n2ccc3cncnc32)cc1. The van der Waals surface area contributed by atoms with Gasteiger partial charge in [0.2, 0.25) is 0 Å². The average Bonchev–Trinajstić information content (AvgIpc) is 2.74. The molecule has 3 rings (SSSR count). The van der Waals surface area contributed by atoms with Crippen LogP contribution in [0.2, 0.25) is 0 Å². The van der Waals surface area contributed by atoms with E-state index in [-0.39, 0.29) is 0 Å². The van der Waals surface area contributed by atoms with Crippen molar-refractivity contribution < 1.29 is 0 Å². The second-order valence-corrected chi connectivity index (χ2v) is 4.38. The molecule has 0 saturated heterocycles. The quantitative estimate of drug-likeness (QED) is 0.682. The molecule has 0 aliphatic heterocycles. The Morgan fingerprint density at radius 2 is 1.88 bits per heavy atom. The van der Waals surface area contributed by atoms with Crippen LogP contribution in [0.3, 0.4) is 0 Å². The Labute approximate surface area is 101 Å². The Balaban J connectivity index is 2.22. The molecule has 0 spiro atoms. The fourth-order valence-electron chi connectivity index (χ4n) is 1.69. The van der Waals surface area contributed by atoms with Gasteiger partial charge in [-0.3, -0.25) is 0 Å². The van der Waals surface area contributed by atoms with Gasteiger partial charge in [-0.05, 0) is 30.3 Å². The maximum atomic E-state index is 4.28. The number of nitrogens with zero attached hydrogens (tertiary/aromatic N) is 3. The Kier molecular flexibility index (Phi) is 2.22. The normalized spacial score (nSPS) is 10.8. The van der Waals surface area contributed by atoms with Crippen molar-refractivity contribution in [2.24, 2.45) is 0 Å². The number of rotatable bonds is 1. The van der Waals surface area contributed by atoms with Crippen LogP contribution < -0.4 is 0 Å². The molecule has 1 aromatic carbocycles. The maximum Gasteiger partial charge on any atom is 0.147 e. The van der Waals surface area contributed by atoms with E-state index >= 15 is 0 Å². The molecular formula is C12H8BrN3. The highest BCUT2D eigenvalue weighted by atomic mass is 79.9. The molecule has 2 aromatic heterocycles.